The van der Waals surface area contributed by atoms with Crippen LogP contribution in [0.1, 0.15) is 22.6 Å². The molecule has 0 saturated heterocycles. The Morgan fingerprint density at radius 2 is 1.71 bits per heavy atom. The van der Waals surface area contributed by atoms with Crippen LogP contribution in [0.25, 0.3) is 0 Å². The van der Waals surface area contributed by atoms with Gasteiger partial charge in [-0.2, -0.15) is 0 Å². The van der Waals surface area contributed by atoms with Crippen LogP contribution in [-0.2, 0) is 13.0 Å². The lowest BCUT2D eigenvalue weighted by Crippen LogP contribution is -2.19. The summed E-state index contributed by atoms with van der Waals surface area (Å²) in [5, 5.41) is 3.55. The summed E-state index contributed by atoms with van der Waals surface area (Å²) in [5.41, 5.74) is 4.12. The molecular formula is C18H21NO2. The highest BCUT2D eigenvalue weighted by atomic mass is 16.5. The average molecular weight is 283 g/mol. The van der Waals surface area contributed by atoms with Crippen molar-refractivity contribution in [2.45, 2.75) is 18.9 Å². The van der Waals surface area contributed by atoms with Crippen LogP contribution in [0.3, 0.4) is 0 Å². The molecule has 0 bridgehead atoms. The molecule has 1 aliphatic rings. The van der Waals surface area contributed by atoms with Crippen LogP contribution >= 0.6 is 0 Å². The molecule has 0 fully saturated rings. The van der Waals surface area contributed by atoms with E-state index in [9.17, 15) is 0 Å². The molecule has 1 N–H and O–H groups in total. The van der Waals surface area contributed by atoms with Crippen LogP contribution < -0.4 is 14.8 Å². The van der Waals surface area contributed by atoms with Crippen molar-refractivity contribution >= 4 is 0 Å². The monoisotopic (exact) mass is 283 g/mol. The Labute approximate surface area is 125 Å². The van der Waals surface area contributed by atoms with Crippen LogP contribution in [0.4, 0.5) is 0 Å². The zero-order chi connectivity index (χ0) is 14.7. The van der Waals surface area contributed by atoms with Crippen LogP contribution in [0.2, 0.25) is 0 Å². The number of nitrogens with one attached hydrogen (secondary N) is 1. The van der Waals surface area contributed by atoms with E-state index < -0.39 is 0 Å². The Morgan fingerprint density at radius 1 is 0.952 bits per heavy atom. The molecule has 0 saturated carbocycles. The van der Waals surface area contributed by atoms with E-state index in [4.69, 9.17) is 9.47 Å². The van der Waals surface area contributed by atoms with E-state index in [1.54, 1.807) is 14.2 Å². The molecule has 0 aliphatic carbocycles. The largest absolute Gasteiger partial charge is 0.493 e. The standard InChI is InChI=1S/C18H21NO2/c1-20-17-8-7-14(10-18(17)21-2)16-9-13-5-3-4-6-15(13)11-19-12-16/h3-8,10,16,19H,9,11-12H2,1-2H3/t16-/m0/s1. The van der Waals surface area contributed by atoms with Crippen molar-refractivity contribution in [3.05, 3.63) is 59.2 Å². The maximum Gasteiger partial charge on any atom is 0.160 e. The maximum absolute atomic E-state index is 5.42. The summed E-state index contributed by atoms with van der Waals surface area (Å²) in [5.74, 6) is 2.03. The Balaban J connectivity index is 1.90. The Kier molecular flexibility index (Phi) is 4.11. The average Bonchev–Trinajstić information content (AvgIpc) is 2.76. The summed E-state index contributed by atoms with van der Waals surface area (Å²) >= 11 is 0. The number of ether oxygens (including phenoxy) is 2. The topological polar surface area (TPSA) is 30.5 Å². The highest BCUT2D eigenvalue weighted by Crippen LogP contribution is 2.32. The summed E-state index contributed by atoms with van der Waals surface area (Å²) in [6.45, 7) is 1.92. The van der Waals surface area contributed by atoms with Crippen molar-refractivity contribution in [3.63, 3.8) is 0 Å². The van der Waals surface area contributed by atoms with E-state index in [1.807, 2.05) is 6.07 Å². The molecule has 1 aliphatic heterocycles. The molecule has 0 spiro atoms. The summed E-state index contributed by atoms with van der Waals surface area (Å²) in [4.78, 5) is 0. The van der Waals surface area contributed by atoms with Crippen molar-refractivity contribution in [2.24, 2.45) is 0 Å². The van der Waals surface area contributed by atoms with Gasteiger partial charge in [-0.05, 0) is 35.2 Å². The first-order chi connectivity index (χ1) is 10.3. The van der Waals surface area contributed by atoms with Gasteiger partial charge in [0.2, 0.25) is 0 Å². The highest BCUT2D eigenvalue weighted by molar-refractivity contribution is 5.44. The molecule has 0 radical (unpaired) electrons. The van der Waals surface area contributed by atoms with Gasteiger partial charge in [-0.25, -0.2) is 0 Å². The minimum atomic E-state index is 0.452. The molecule has 0 aromatic heterocycles. The van der Waals surface area contributed by atoms with Crippen molar-refractivity contribution in [1.29, 1.82) is 0 Å². The second-order valence-corrected chi connectivity index (χ2v) is 5.42. The molecule has 110 valence electrons. The lowest BCUT2D eigenvalue weighted by Gasteiger charge is -2.17. The SMILES string of the molecule is COc1ccc([C@@H]2CNCc3ccccc3C2)cc1OC. The molecule has 2 aromatic carbocycles. The van der Waals surface area contributed by atoms with Crippen molar-refractivity contribution in [1.82, 2.24) is 5.32 Å². The van der Waals surface area contributed by atoms with Gasteiger partial charge in [0.1, 0.15) is 0 Å². The van der Waals surface area contributed by atoms with Gasteiger partial charge in [-0.15, -0.1) is 0 Å². The predicted octanol–water partition coefficient (Wildman–Crippen LogP) is 3.13. The second kappa shape index (κ2) is 6.19. The van der Waals surface area contributed by atoms with Gasteiger partial charge in [-0.1, -0.05) is 30.3 Å². The van der Waals surface area contributed by atoms with Gasteiger partial charge in [0.05, 0.1) is 14.2 Å². The lowest BCUT2D eigenvalue weighted by atomic mass is 9.91. The fourth-order valence-corrected chi connectivity index (χ4v) is 2.99. The molecule has 3 nitrogen and oxygen atoms in total. The molecule has 3 rings (SSSR count). The summed E-state index contributed by atoms with van der Waals surface area (Å²) in [6.07, 6.45) is 1.05. The quantitative estimate of drug-likeness (QED) is 0.938. The molecule has 0 unspecified atom stereocenters. The van der Waals surface area contributed by atoms with E-state index in [0.717, 1.165) is 31.0 Å². The van der Waals surface area contributed by atoms with Crippen molar-refractivity contribution in [2.75, 3.05) is 20.8 Å². The van der Waals surface area contributed by atoms with Crippen LogP contribution in [0.15, 0.2) is 42.5 Å². The molecule has 3 heteroatoms. The summed E-state index contributed by atoms with van der Waals surface area (Å²) < 4.78 is 10.7. The fourth-order valence-electron chi connectivity index (χ4n) is 2.99. The van der Waals surface area contributed by atoms with Crippen molar-refractivity contribution in [3.8, 4) is 11.5 Å². The van der Waals surface area contributed by atoms with Crippen LogP contribution in [0, 0.1) is 0 Å². The predicted molar refractivity (Wildman–Crippen MR) is 84.1 cm³/mol. The lowest BCUT2D eigenvalue weighted by molar-refractivity contribution is 0.354. The van der Waals surface area contributed by atoms with Crippen molar-refractivity contribution < 1.29 is 9.47 Å². The summed E-state index contributed by atoms with van der Waals surface area (Å²) in [6, 6.07) is 14.9. The number of rotatable bonds is 3. The smallest absolute Gasteiger partial charge is 0.160 e. The van der Waals surface area contributed by atoms with Gasteiger partial charge in [0.15, 0.2) is 11.5 Å². The minimum Gasteiger partial charge on any atom is -0.493 e. The van der Waals surface area contributed by atoms with Crippen LogP contribution in [0.5, 0.6) is 11.5 Å². The Hall–Kier alpha value is -2.00. The molecule has 1 heterocycles. The molecular weight excluding hydrogens is 262 g/mol. The van der Waals surface area contributed by atoms with E-state index in [1.165, 1.54) is 16.7 Å². The number of benzene rings is 2. The van der Waals surface area contributed by atoms with Gasteiger partial charge in [-0.3, -0.25) is 0 Å². The maximum atomic E-state index is 5.42. The third-order valence-electron chi connectivity index (χ3n) is 4.17. The highest BCUT2D eigenvalue weighted by Gasteiger charge is 2.19. The third kappa shape index (κ3) is 2.88. The second-order valence-electron chi connectivity index (χ2n) is 5.42. The molecule has 0 amide bonds. The minimum absolute atomic E-state index is 0.452. The number of fused-ring (bicyclic) bond motifs is 1. The van der Waals surface area contributed by atoms with E-state index in [-0.39, 0.29) is 0 Å². The number of hydrogen-bond acceptors (Lipinski definition) is 3. The van der Waals surface area contributed by atoms with Gasteiger partial charge in [0.25, 0.3) is 0 Å². The Bertz CT molecular complexity index is 624. The van der Waals surface area contributed by atoms with Crippen LogP contribution in [-0.4, -0.2) is 20.8 Å². The Morgan fingerprint density at radius 3 is 2.48 bits per heavy atom. The van der Waals surface area contributed by atoms with E-state index >= 15 is 0 Å². The van der Waals surface area contributed by atoms with E-state index in [0.29, 0.717) is 5.92 Å². The first-order valence-corrected chi connectivity index (χ1v) is 7.31. The molecule has 21 heavy (non-hydrogen) atoms. The number of methoxy groups -OCH3 is 2. The normalized spacial score (nSPS) is 17.7. The zero-order valence-corrected chi connectivity index (χ0v) is 12.6. The van der Waals surface area contributed by atoms with E-state index in [2.05, 4.69) is 41.7 Å². The zero-order valence-electron chi connectivity index (χ0n) is 12.6. The fraction of sp³-hybridized carbons (Fsp3) is 0.333. The van der Waals surface area contributed by atoms with Gasteiger partial charge >= 0.3 is 0 Å². The number of hydrogen-bond donors (Lipinski definition) is 1. The molecule has 2 aromatic rings. The van der Waals surface area contributed by atoms with Gasteiger partial charge in [0, 0.05) is 19.0 Å². The summed E-state index contributed by atoms with van der Waals surface area (Å²) in [7, 11) is 3.35. The third-order valence-corrected chi connectivity index (χ3v) is 4.17. The first kappa shape index (κ1) is 14.0. The van der Waals surface area contributed by atoms with Gasteiger partial charge < -0.3 is 14.8 Å². The molecule has 1 atom stereocenters. The first-order valence-electron chi connectivity index (χ1n) is 7.31.